The van der Waals surface area contributed by atoms with Crippen molar-refractivity contribution in [3.8, 4) is 0 Å². The molecule has 162 valence electrons. The molecule has 0 heterocycles. The summed E-state index contributed by atoms with van der Waals surface area (Å²) in [5.74, 6) is 0. The van der Waals surface area contributed by atoms with Crippen LogP contribution in [0, 0.1) is 6.92 Å². The lowest BCUT2D eigenvalue weighted by atomic mass is 9.98. The minimum atomic E-state index is 1.04. The second kappa shape index (κ2) is 12.3. The monoisotopic (exact) mass is 411 g/mol. The first kappa shape index (κ1) is 23.0. The molecule has 0 aromatic heterocycles. The van der Waals surface area contributed by atoms with Crippen molar-refractivity contribution in [3.05, 3.63) is 113 Å². The average molecular weight is 412 g/mol. The summed E-state index contributed by atoms with van der Waals surface area (Å²) in [6, 6.07) is 28.7. The van der Waals surface area contributed by atoms with Crippen LogP contribution in [0.5, 0.6) is 0 Å². The lowest BCUT2D eigenvalue weighted by Crippen LogP contribution is -2.25. The summed E-state index contributed by atoms with van der Waals surface area (Å²) >= 11 is 0. The summed E-state index contributed by atoms with van der Waals surface area (Å²) in [5, 5.41) is 0. The van der Waals surface area contributed by atoms with E-state index in [-0.39, 0.29) is 0 Å². The molecular formula is C30H37N. The molecule has 3 aromatic carbocycles. The molecule has 0 aliphatic rings. The second-order valence-electron chi connectivity index (χ2n) is 8.65. The molecule has 1 nitrogen and oxygen atoms in total. The standard InChI is InChI=1S/C30H37N/c1-4-22-31(24-29-10-6-5-7-11-29)23-8-9-26(3)30-20-18-28(19-21-30)17-16-27-14-12-25(2)13-15-27/h5-7,10-15,18-21H,3-4,8-9,16-17,22-24H2,1-2H3. The summed E-state index contributed by atoms with van der Waals surface area (Å²) in [6.07, 6.45) is 5.58. The van der Waals surface area contributed by atoms with E-state index in [2.05, 4.69) is 104 Å². The van der Waals surface area contributed by atoms with Crippen molar-refractivity contribution in [2.24, 2.45) is 0 Å². The third-order valence-corrected chi connectivity index (χ3v) is 5.93. The van der Waals surface area contributed by atoms with E-state index >= 15 is 0 Å². The molecule has 1 heteroatoms. The van der Waals surface area contributed by atoms with Crippen LogP contribution in [0.25, 0.3) is 5.57 Å². The van der Waals surface area contributed by atoms with Gasteiger partial charge in [-0.2, -0.15) is 0 Å². The van der Waals surface area contributed by atoms with E-state index in [1.165, 1.54) is 39.8 Å². The molecule has 0 N–H and O–H groups in total. The first-order chi connectivity index (χ1) is 15.1. The number of benzene rings is 3. The second-order valence-corrected chi connectivity index (χ2v) is 8.65. The van der Waals surface area contributed by atoms with Crippen molar-refractivity contribution in [2.75, 3.05) is 13.1 Å². The van der Waals surface area contributed by atoms with E-state index < -0.39 is 0 Å². The fraction of sp³-hybridized carbons (Fsp3) is 0.333. The maximum atomic E-state index is 4.36. The van der Waals surface area contributed by atoms with Gasteiger partial charge in [-0.25, -0.2) is 0 Å². The molecule has 0 bridgehead atoms. The van der Waals surface area contributed by atoms with Gasteiger partial charge in [0.05, 0.1) is 0 Å². The first-order valence-corrected chi connectivity index (χ1v) is 11.7. The highest BCUT2D eigenvalue weighted by atomic mass is 15.1. The Morgan fingerprint density at radius 3 is 1.97 bits per heavy atom. The van der Waals surface area contributed by atoms with Crippen LogP contribution in [0.1, 0.15) is 54.0 Å². The van der Waals surface area contributed by atoms with Crippen molar-refractivity contribution >= 4 is 5.57 Å². The van der Waals surface area contributed by atoms with E-state index in [0.29, 0.717) is 0 Å². The van der Waals surface area contributed by atoms with E-state index in [9.17, 15) is 0 Å². The number of hydrogen-bond donors (Lipinski definition) is 0. The number of nitrogens with zero attached hydrogens (tertiary/aromatic N) is 1. The van der Waals surface area contributed by atoms with Crippen LogP contribution in [0.15, 0.2) is 85.4 Å². The van der Waals surface area contributed by atoms with Gasteiger partial charge in [-0.1, -0.05) is 97.9 Å². The van der Waals surface area contributed by atoms with Crippen LogP contribution in [0.3, 0.4) is 0 Å². The van der Waals surface area contributed by atoms with Gasteiger partial charge in [0.2, 0.25) is 0 Å². The Hall–Kier alpha value is -2.64. The minimum absolute atomic E-state index is 1.04. The van der Waals surface area contributed by atoms with Gasteiger partial charge in [0.25, 0.3) is 0 Å². The number of allylic oxidation sites excluding steroid dienone is 1. The SMILES string of the molecule is C=C(CCCN(CCC)Cc1ccccc1)c1ccc(CCc2ccc(C)cc2)cc1. The van der Waals surface area contributed by atoms with Gasteiger partial charge in [0.1, 0.15) is 0 Å². The molecule has 0 aliphatic heterocycles. The van der Waals surface area contributed by atoms with Crippen LogP contribution in [0.4, 0.5) is 0 Å². The molecule has 0 fully saturated rings. The van der Waals surface area contributed by atoms with Crippen LogP contribution >= 0.6 is 0 Å². The molecule has 0 unspecified atom stereocenters. The predicted octanol–water partition coefficient (Wildman–Crippen LogP) is 7.49. The lowest BCUT2D eigenvalue weighted by molar-refractivity contribution is 0.264. The molecule has 3 aromatic rings. The van der Waals surface area contributed by atoms with Crippen LogP contribution in [-0.4, -0.2) is 18.0 Å². The number of hydrogen-bond acceptors (Lipinski definition) is 1. The Morgan fingerprint density at radius 2 is 1.35 bits per heavy atom. The number of rotatable bonds is 12. The zero-order valence-electron chi connectivity index (χ0n) is 19.3. The third kappa shape index (κ3) is 7.84. The van der Waals surface area contributed by atoms with Crippen LogP contribution < -0.4 is 0 Å². The van der Waals surface area contributed by atoms with Gasteiger partial charge < -0.3 is 0 Å². The Labute approximate surface area is 189 Å². The molecule has 0 aliphatic carbocycles. The summed E-state index contributed by atoms with van der Waals surface area (Å²) < 4.78 is 0. The van der Waals surface area contributed by atoms with E-state index in [0.717, 1.165) is 45.3 Å². The van der Waals surface area contributed by atoms with Gasteiger partial charge in [0.15, 0.2) is 0 Å². The Morgan fingerprint density at radius 1 is 0.742 bits per heavy atom. The van der Waals surface area contributed by atoms with Crippen molar-refractivity contribution in [1.82, 2.24) is 4.90 Å². The highest BCUT2D eigenvalue weighted by molar-refractivity contribution is 5.63. The van der Waals surface area contributed by atoms with Crippen LogP contribution in [0.2, 0.25) is 0 Å². The predicted molar refractivity (Wildman–Crippen MR) is 135 cm³/mol. The Balaban J connectivity index is 1.44. The van der Waals surface area contributed by atoms with Gasteiger partial charge in [-0.15, -0.1) is 0 Å². The van der Waals surface area contributed by atoms with Gasteiger partial charge in [-0.3, -0.25) is 4.90 Å². The van der Waals surface area contributed by atoms with Crippen molar-refractivity contribution in [1.29, 1.82) is 0 Å². The van der Waals surface area contributed by atoms with Gasteiger partial charge >= 0.3 is 0 Å². The van der Waals surface area contributed by atoms with Gasteiger partial charge in [0, 0.05) is 6.54 Å². The summed E-state index contributed by atoms with van der Waals surface area (Å²) in [4.78, 5) is 2.57. The molecule has 3 rings (SSSR count). The largest absolute Gasteiger partial charge is 0.299 e. The highest BCUT2D eigenvalue weighted by Crippen LogP contribution is 2.20. The zero-order valence-corrected chi connectivity index (χ0v) is 19.3. The van der Waals surface area contributed by atoms with Gasteiger partial charge in [-0.05, 0) is 79.9 Å². The molecule has 0 saturated heterocycles. The molecule has 0 spiro atoms. The molecular weight excluding hydrogens is 374 g/mol. The lowest BCUT2D eigenvalue weighted by Gasteiger charge is -2.22. The normalized spacial score (nSPS) is 11.1. The fourth-order valence-corrected chi connectivity index (χ4v) is 4.04. The smallest absolute Gasteiger partial charge is 0.0233 e. The molecule has 0 radical (unpaired) electrons. The third-order valence-electron chi connectivity index (χ3n) is 5.93. The molecule has 31 heavy (non-hydrogen) atoms. The first-order valence-electron chi connectivity index (χ1n) is 11.7. The molecule has 0 saturated carbocycles. The zero-order chi connectivity index (χ0) is 21.9. The number of aryl methyl sites for hydroxylation is 3. The minimum Gasteiger partial charge on any atom is -0.299 e. The average Bonchev–Trinajstić information content (AvgIpc) is 2.80. The Kier molecular flexibility index (Phi) is 9.12. The molecule has 0 atom stereocenters. The van der Waals surface area contributed by atoms with E-state index in [4.69, 9.17) is 0 Å². The van der Waals surface area contributed by atoms with Crippen molar-refractivity contribution in [3.63, 3.8) is 0 Å². The fourth-order valence-electron chi connectivity index (χ4n) is 4.04. The van der Waals surface area contributed by atoms with Crippen molar-refractivity contribution < 1.29 is 0 Å². The summed E-state index contributed by atoms with van der Waals surface area (Å²) in [5.41, 5.74) is 8.06. The van der Waals surface area contributed by atoms with Crippen LogP contribution in [-0.2, 0) is 19.4 Å². The quantitative estimate of drug-likeness (QED) is 0.298. The maximum absolute atomic E-state index is 4.36. The van der Waals surface area contributed by atoms with E-state index in [1.807, 2.05) is 0 Å². The summed E-state index contributed by atoms with van der Waals surface area (Å²) in [7, 11) is 0. The molecule has 0 amide bonds. The summed E-state index contributed by atoms with van der Waals surface area (Å²) in [6.45, 7) is 12.1. The Bertz CT molecular complexity index is 907. The topological polar surface area (TPSA) is 3.24 Å². The maximum Gasteiger partial charge on any atom is 0.0233 e. The van der Waals surface area contributed by atoms with E-state index in [1.54, 1.807) is 0 Å². The highest BCUT2D eigenvalue weighted by Gasteiger charge is 2.06. The van der Waals surface area contributed by atoms with Crippen molar-refractivity contribution in [2.45, 2.75) is 52.5 Å².